The van der Waals surface area contributed by atoms with Crippen LogP contribution in [0.5, 0.6) is 0 Å². The lowest BCUT2D eigenvalue weighted by Gasteiger charge is -2.08. The molecule has 1 amide bonds. The molecule has 0 aliphatic heterocycles. The van der Waals surface area contributed by atoms with Crippen LogP contribution < -0.4 is 10.5 Å². The number of hydrogen-bond donors (Lipinski definition) is 2. The largest absolute Gasteiger partial charge is 0.351 e. The molecule has 0 aliphatic rings. The number of aryl methyl sites for hydroxylation is 1. The van der Waals surface area contributed by atoms with E-state index in [9.17, 15) is 21.6 Å². The summed E-state index contributed by atoms with van der Waals surface area (Å²) in [5, 5.41) is 7.44. The number of nitrogens with two attached hydrogens (primary N) is 1. The van der Waals surface area contributed by atoms with Crippen LogP contribution in [0.4, 0.5) is 0 Å². The fourth-order valence-electron chi connectivity index (χ4n) is 1.51. The first-order valence-corrected chi connectivity index (χ1v) is 9.21. The minimum atomic E-state index is -3.82. The van der Waals surface area contributed by atoms with Crippen molar-refractivity contribution in [3.05, 3.63) is 29.3 Å². The molecule has 0 bridgehead atoms. The van der Waals surface area contributed by atoms with Gasteiger partial charge in [-0.25, -0.2) is 22.0 Å². The quantitative estimate of drug-likeness (QED) is 0.751. The summed E-state index contributed by atoms with van der Waals surface area (Å²) < 4.78 is 44.2. The van der Waals surface area contributed by atoms with Crippen molar-refractivity contribution in [1.29, 1.82) is 0 Å². The maximum Gasteiger partial charge on any atom is 0.251 e. The van der Waals surface area contributed by atoms with Crippen LogP contribution in [0.2, 0.25) is 0 Å². The molecule has 1 aromatic rings. The average molecular weight is 320 g/mol. The van der Waals surface area contributed by atoms with Gasteiger partial charge < -0.3 is 5.32 Å². The molecule has 7 nitrogen and oxygen atoms in total. The smallest absolute Gasteiger partial charge is 0.251 e. The highest BCUT2D eigenvalue weighted by Gasteiger charge is 2.14. The second kappa shape index (κ2) is 5.90. The van der Waals surface area contributed by atoms with Crippen molar-refractivity contribution in [2.75, 3.05) is 18.6 Å². The van der Waals surface area contributed by atoms with Crippen LogP contribution in [-0.2, 0) is 19.9 Å². The maximum atomic E-state index is 11.8. The summed E-state index contributed by atoms with van der Waals surface area (Å²) in [6.45, 7) is 1.56. The fraction of sp³-hybridized carbons (Fsp3) is 0.364. The summed E-state index contributed by atoms with van der Waals surface area (Å²) in [7, 11) is -6.96. The first-order chi connectivity index (χ1) is 9.00. The van der Waals surface area contributed by atoms with Gasteiger partial charge in [0, 0.05) is 18.4 Å². The van der Waals surface area contributed by atoms with E-state index < -0.39 is 25.8 Å². The Balaban J connectivity index is 2.85. The predicted octanol–water partition coefficient (Wildman–Crippen LogP) is -0.583. The van der Waals surface area contributed by atoms with Crippen molar-refractivity contribution in [2.24, 2.45) is 5.14 Å². The minimum Gasteiger partial charge on any atom is -0.351 e. The molecule has 0 saturated carbocycles. The van der Waals surface area contributed by atoms with E-state index in [4.69, 9.17) is 5.14 Å². The topological polar surface area (TPSA) is 123 Å². The van der Waals surface area contributed by atoms with Crippen molar-refractivity contribution in [3.8, 4) is 0 Å². The molecule has 1 aromatic carbocycles. The molecule has 0 saturated heterocycles. The van der Waals surface area contributed by atoms with Crippen LogP contribution in [-0.4, -0.2) is 41.3 Å². The zero-order valence-electron chi connectivity index (χ0n) is 11.1. The molecule has 0 radical (unpaired) electrons. The van der Waals surface area contributed by atoms with Gasteiger partial charge in [-0.05, 0) is 30.7 Å². The first kappa shape index (κ1) is 16.6. The van der Waals surface area contributed by atoms with Crippen LogP contribution in [0.1, 0.15) is 15.9 Å². The summed E-state index contributed by atoms with van der Waals surface area (Å²) >= 11 is 0. The highest BCUT2D eigenvalue weighted by Crippen LogP contribution is 2.14. The van der Waals surface area contributed by atoms with Gasteiger partial charge in [-0.15, -0.1) is 0 Å². The summed E-state index contributed by atoms with van der Waals surface area (Å²) in [4.78, 5) is 11.7. The molecule has 0 spiro atoms. The number of sulfone groups is 1. The zero-order chi connectivity index (χ0) is 15.6. The summed E-state index contributed by atoms with van der Waals surface area (Å²) in [6.07, 6.45) is 1.07. The van der Waals surface area contributed by atoms with Crippen molar-refractivity contribution in [1.82, 2.24) is 5.32 Å². The van der Waals surface area contributed by atoms with Crippen LogP contribution in [0.3, 0.4) is 0 Å². The van der Waals surface area contributed by atoms with E-state index in [1.165, 1.54) is 18.2 Å². The van der Waals surface area contributed by atoms with E-state index in [1.54, 1.807) is 6.92 Å². The normalized spacial score (nSPS) is 12.2. The van der Waals surface area contributed by atoms with E-state index in [1.807, 2.05) is 0 Å². The van der Waals surface area contributed by atoms with Gasteiger partial charge in [0.05, 0.1) is 10.6 Å². The molecule has 3 N–H and O–H groups in total. The Hall–Kier alpha value is -1.45. The van der Waals surface area contributed by atoms with Gasteiger partial charge in [-0.3, -0.25) is 4.79 Å². The Labute approximate surface area is 118 Å². The number of amides is 1. The average Bonchev–Trinajstić information content (AvgIpc) is 2.25. The molecule has 0 unspecified atom stereocenters. The van der Waals surface area contributed by atoms with Crippen LogP contribution >= 0.6 is 0 Å². The second-order valence-corrected chi connectivity index (χ2v) is 8.23. The van der Waals surface area contributed by atoms with Gasteiger partial charge in [-0.1, -0.05) is 0 Å². The van der Waals surface area contributed by atoms with Crippen molar-refractivity contribution in [3.63, 3.8) is 0 Å². The van der Waals surface area contributed by atoms with Crippen molar-refractivity contribution >= 4 is 25.8 Å². The number of rotatable bonds is 5. The highest BCUT2D eigenvalue weighted by atomic mass is 32.2. The molecule has 0 aliphatic carbocycles. The maximum absolute atomic E-state index is 11.8. The van der Waals surface area contributed by atoms with Crippen LogP contribution in [0.15, 0.2) is 23.1 Å². The van der Waals surface area contributed by atoms with Crippen LogP contribution in [0.25, 0.3) is 0 Å². The van der Waals surface area contributed by atoms with E-state index in [2.05, 4.69) is 5.32 Å². The predicted molar refractivity (Wildman–Crippen MR) is 74.6 cm³/mol. The molecule has 1 rings (SSSR count). The molecule has 112 valence electrons. The number of hydrogen-bond acceptors (Lipinski definition) is 5. The lowest BCUT2D eigenvalue weighted by Crippen LogP contribution is -2.29. The number of nitrogens with one attached hydrogen (secondary N) is 1. The lowest BCUT2D eigenvalue weighted by molar-refractivity contribution is 0.0955. The van der Waals surface area contributed by atoms with E-state index in [0.717, 1.165) is 6.26 Å². The Morgan fingerprint density at radius 1 is 1.25 bits per heavy atom. The third-order valence-corrected chi connectivity index (χ3v) is 4.39. The van der Waals surface area contributed by atoms with E-state index >= 15 is 0 Å². The Kier molecular flexibility index (Phi) is 4.90. The Bertz CT molecular complexity index is 723. The van der Waals surface area contributed by atoms with Gasteiger partial charge >= 0.3 is 0 Å². The summed E-state index contributed by atoms with van der Waals surface area (Å²) in [5.41, 5.74) is 0.708. The summed E-state index contributed by atoms with van der Waals surface area (Å²) in [6, 6.07) is 3.86. The highest BCUT2D eigenvalue weighted by molar-refractivity contribution is 7.90. The summed E-state index contributed by atoms with van der Waals surface area (Å²) in [5.74, 6) is -0.625. The number of carbonyl (C=O) groups excluding carboxylic acids is 1. The molecule has 9 heteroatoms. The fourth-order valence-corrected chi connectivity index (χ4v) is 2.58. The molecule has 20 heavy (non-hydrogen) atoms. The van der Waals surface area contributed by atoms with Gasteiger partial charge in [-0.2, -0.15) is 0 Å². The Morgan fingerprint density at radius 2 is 1.85 bits per heavy atom. The van der Waals surface area contributed by atoms with Crippen molar-refractivity contribution < 1.29 is 21.6 Å². The molecule has 0 fully saturated rings. The number of carbonyl (C=O) groups is 1. The second-order valence-electron chi connectivity index (χ2n) is 4.41. The lowest BCUT2D eigenvalue weighted by atomic mass is 10.1. The van der Waals surface area contributed by atoms with Gasteiger partial charge in [0.15, 0.2) is 0 Å². The number of benzene rings is 1. The number of sulfonamides is 1. The Morgan fingerprint density at radius 3 is 2.30 bits per heavy atom. The molecule has 0 aromatic heterocycles. The van der Waals surface area contributed by atoms with Gasteiger partial charge in [0.1, 0.15) is 9.84 Å². The van der Waals surface area contributed by atoms with E-state index in [0.29, 0.717) is 5.56 Å². The van der Waals surface area contributed by atoms with Gasteiger partial charge in [0.25, 0.3) is 5.91 Å². The molecule has 0 atom stereocenters. The molecule has 0 heterocycles. The zero-order valence-corrected chi connectivity index (χ0v) is 12.7. The van der Waals surface area contributed by atoms with Crippen molar-refractivity contribution in [2.45, 2.75) is 11.8 Å². The third kappa shape index (κ3) is 4.91. The van der Waals surface area contributed by atoms with Gasteiger partial charge in [0.2, 0.25) is 10.0 Å². The first-order valence-electron chi connectivity index (χ1n) is 5.60. The molecular formula is C11H16N2O5S2. The minimum absolute atomic E-state index is 0.00591. The van der Waals surface area contributed by atoms with E-state index in [-0.39, 0.29) is 22.8 Å². The van der Waals surface area contributed by atoms with Crippen LogP contribution in [0, 0.1) is 6.92 Å². The standard InChI is InChI=1S/C11H16N2O5S2/c1-8-7-9(20(12,17)18)3-4-10(8)11(14)13-5-6-19(2,15)16/h3-4,7H,5-6H2,1-2H3,(H,13,14)(H2,12,17,18). The molecular weight excluding hydrogens is 304 g/mol. The SMILES string of the molecule is Cc1cc(S(N)(=O)=O)ccc1C(=O)NCCS(C)(=O)=O. The monoisotopic (exact) mass is 320 g/mol. The number of primary sulfonamides is 1. The third-order valence-electron chi connectivity index (χ3n) is 2.53.